The second-order valence-electron chi connectivity index (χ2n) is 9.80. The summed E-state index contributed by atoms with van der Waals surface area (Å²) in [4.78, 5) is 29.1. The summed E-state index contributed by atoms with van der Waals surface area (Å²) in [5, 5.41) is 4.35. The van der Waals surface area contributed by atoms with Crippen molar-refractivity contribution >= 4 is 6.09 Å². The van der Waals surface area contributed by atoms with Crippen LogP contribution in [0.15, 0.2) is 29.1 Å². The van der Waals surface area contributed by atoms with Gasteiger partial charge in [-0.3, -0.25) is 9.69 Å². The van der Waals surface area contributed by atoms with E-state index in [-0.39, 0.29) is 28.8 Å². The van der Waals surface area contributed by atoms with Gasteiger partial charge in [0.05, 0.1) is 5.69 Å². The van der Waals surface area contributed by atoms with E-state index in [4.69, 9.17) is 4.74 Å². The van der Waals surface area contributed by atoms with Gasteiger partial charge in [-0.15, -0.1) is 0 Å². The highest BCUT2D eigenvalue weighted by molar-refractivity contribution is 5.68. The molecule has 3 rings (SSSR count). The Kier molecular flexibility index (Phi) is 7.51. The third kappa shape index (κ3) is 6.60. The van der Waals surface area contributed by atoms with Crippen LogP contribution in [0.2, 0.25) is 0 Å². The lowest BCUT2D eigenvalue weighted by molar-refractivity contribution is 0.0138. The third-order valence-electron chi connectivity index (χ3n) is 5.21. The first-order chi connectivity index (χ1) is 15.4. The standard InChI is InChI=1S/C24H32F2N4O3/c1-16(2)14-30-22(31)17(12-21(27-30)19-7-6-18(25)13-20(19)26)15-28-8-10-29(11-9-28)23(32)33-24(3,4)5/h6-7,12-13,16H,8-11,14-15H2,1-5H3. The van der Waals surface area contributed by atoms with Crippen molar-refractivity contribution in [2.45, 2.75) is 53.3 Å². The molecule has 1 aromatic heterocycles. The molecular weight excluding hydrogens is 430 g/mol. The largest absolute Gasteiger partial charge is 0.444 e. The van der Waals surface area contributed by atoms with Crippen molar-refractivity contribution in [3.05, 3.63) is 51.8 Å². The molecule has 2 aromatic rings. The molecular formula is C24H32F2N4O3. The van der Waals surface area contributed by atoms with Crippen LogP contribution in [0.4, 0.5) is 13.6 Å². The van der Waals surface area contributed by atoms with Crippen LogP contribution in [0.5, 0.6) is 0 Å². The molecule has 0 bridgehead atoms. The second-order valence-corrected chi connectivity index (χ2v) is 9.80. The van der Waals surface area contributed by atoms with Gasteiger partial charge in [0.1, 0.15) is 17.2 Å². The Balaban J connectivity index is 1.81. The van der Waals surface area contributed by atoms with Crippen LogP contribution in [0.25, 0.3) is 11.3 Å². The molecule has 1 amide bonds. The number of aromatic nitrogens is 2. The molecule has 0 aliphatic carbocycles. The summed E-state index contributed by atoms with van der Waals surface area (Å²) < 4.78 is 34.6. The van der Waals surface area contributed by atoms with Crippen molar-refractivity contribution in [2.75, 3.05) is 26.2 Å². The molecule has 0 radical (unpaired) electrons. The van der Waals surface area contributed by atoms with Crippen LogP contribution in [0.1, 0.15) is 40.2 Å². The number of rotatable bonds is 5. The molecule has 1 aliphatic rings. The monoisotopic (exact) mass is 462 g/mol. The first-order valence-electron chi connectivity index (χ1n) is 11.2. The van der Waals surface area contributed by atoms with Crippen molar-refractivity contribution < 1.29 is 18.3 Å². The van der Waals surface area contributed by atoms with Crippen LogP contribution in [-0.4, -0.2) is 57.5 Å². The zero-order chi connectivity index (χ0) is 24.3. The van der Waals surface area contributed by atoms with E-state index in [9.17, 15) is 18.4 Å². The molecule has 0 N–H and O–H groups in total. The average Bonchev–Trinajstić information content (AvgIpc) is 2.70. The van der Waals surface area contributed by atoms with Gasteiger partial charge in [-0.25, -0.2) is 18.3 Å². The summed E-state index contributed by atoms with van der Waals surface area (Å²) in [6.07, 6.45) is -0.348. The fraction of sp³-hybridized carbons (Fsp3) is 0.542. The molecule has 0 saturated carbocycles. The quantitative estimate of drug-likeness (QED) is 0.674. The van der Waals surface area contributed by atoms with Gasteiger partial charge in [0, 0.05) is 56.5 Å². The van der Waals surface area contributed by atoms with E-state index in [1.54, 1.807) is 11.0 Å². The molecule has 180 valence electrons. The third-order valence-corrected chi connectivity index (χ3v) is 5.21. The lowest BCUT2D eigenvalue weighted by Crippen LogP contribution is -2.50. The van der Waals surface area contributed by atoms with Gasteiger partial charge in [-0.2, -0.15) is 5.10 Å². The van der Waals surface area contributed by atoms with Crippen LogP contribution in [0, 0.1) is 17.6 Å². The summed E-state index contributed by atoms with van der Waals surface area (Å²) in [5.41, 5.74) is 0.123. The number of carbonyl (C=O) groups excluding carboxylic acids is 1. The Labute approximate surface area is 192 Å². The predicted molar refractivity (Wildman–Crippen MR) is 122 cm³/mol. The lowest BCUT2D eigenvalue weighted by atomic mass is 10.1. The topological polar surface area (TPSA) is 67.7 Å². The Hall–Kier alpha value is -2.81. The van der Waals surface area contributed by atoms with Gasteiger partial charge >= 0.3 is 6.09 Å². The van der Waals surface area contributed by atoms with E-state index >= 15 is 0 Å². The highest BCUT2D eigenvalue weighted by atomic mass is 19.1. The van der Waals surface area contributed by atoms with Gasteiger partial charge < -0.3 is 9.64 Å². The molecule has 0 unspecified atom stereocenters. The molecule has 2 heterocycles. The minimum Gasteiger partial charge on any atom is -0.444 e. The zero-order valence-corrected chi connectivity index (χ0v) is 19.9. The van der Waals surface area contributed by atoms with Crippen molar-refractivity contribution in [2.24, 2.45) is 5.92 Å². The normalized spacial score (nSPS) is 15.2. The van der Waals surface area contributed by atoms with Gasteiger partial charge in [0.2, 0.25) is 0 Å². The van der Waals surface area contributed by atoms with Crippen LogP contribution >= 0.6 is 0 Å². The van der Waals surface area contributed by atoms with Crippen LogP contribution < -0.4 is 5.56 Å². The fourth-order valence-corrected chi connectivity index (χ4v) is 3.66. The molecule has 1 fully saturated rings. The van der Waals surface area contributed by atoms with E-state index in [1.165, 1.54) is 16.8 Å². The molecule has 7 nitrogen and oxygen atoms in total. The first-order valence-corrected chi connectivity index (χ1v) is 11.2. The Morgan fingerprint density at radius 3 is 2.36 bits per heavy atom. The van der Waals surface area contributed by atoms with Gasteiger partial charge in [-0.1, -0.05) is 13.8 Å². The van der Waals surface area contributed by atoms with Crippen LogP contribution in [0.3, 0.4) is 0 Å². The number of amides is 1. The van der Waals surface area contributed by atoms with E-state index in [2.05, 4.69) is 10.00 Å². The number of ether oxygens (including phenoxy) is 1. The number of piperazine rings is 1. The van der Waals surface area contributed by atoms with Crippen LogP contribution in [-0.2, 0) is 17.8 Å². The fourth-order valence-electron chi connectivity index (χ4n) is 3.66. The minimum absolute atomic E-state index is 0.143. The van der Waals surface area contributed by atoms with Crippen molar-refractivity contribution in [1.29, 1.82) is 0 Å². The predicted octanol–water partition coefficient (Wildman–Crippen LogP) is 3.90. The van der Waals surface area contributed by atoms with Crippen molar-refractivity contribution in [3.8, 4) is 11.3 Å². The molecule has 33 heavy (non-hydrogen) atoms. The molecule has 0 atom stereocenters. The maximum atomic E-state index is 14.4. The number of hydrogen-bond donors (Lipinski definition) is 0. The zero-order valence-electron chi connectivity index (χ0n) is 19.9. The van der Waals surface area contributed by atoms with Gasteiger partial charge in [0.15, 0.2) is 0 Å². The summed E-state index contributed by atoms with van der Waals surface area (Å²) in [5.74, 6) is -1.24. The maximum absolute atomic E-state index is 14.4. The molecule has 1 aliphatic heterocycles. The molecule has 0 spiro atoms. The number of nitrogens with zero attached hydrogens (tertiary/aromatic N) is 4. The number of halogens is 2. The van der Waals surface area contributed by atoms with E-state index < -0.39 is 17.2 Å². The Bertz CT molecular complexity index is 1050. The molecule has 1 aromatic carbocycles. The Morgan fingerprint density at radius 1 is 1.12 bits per heavy atom. The highest BCUT2D eigenvalue weighted by Gasteiger charge is 2.26. The van der Waals surface area contributed by atoms with E-state index in [0.29, 0.717) is 44.8 Å². The number of carbonyl (C=O) groups is 1. The maximum Gasteiger partial charge on any atom is 0.410 e. The summed E-state index contributed by atoms with van der Waals surface area (Å²) in [7, 11) is 0. The van der Waals surface area contributed by atoms with Crippen molar-refractivity contribution in [3.63, 3.8) is 0 Å². The van der Waals surface area contributed by atoms with Gasteiger partial charge in [0.25, 0.3) is 5.56 Å². The SMILES string of the molecule is CC(C)Cn1nc(-c2ccc(F)cc2F)cc(CN2CCN(C(=O)OC(C)(C)C)CC2)c1=O. The molecule has 1 saturated heterocycles. The van der Waals surface area contributed by atoms with E-state index in [1.807, 2.05) is 34.6 Å². The second kappa shape index (κ2) is 9.99. The van der Waals surface area contributed by atoms with Crippen molar-refractivity contribution in [1.82, 2.24) is 19.6 Å². The first kappa shape index (κ1) is 24.8. The smallest absolute Gasteiger partial charge is 0.410 e. The van der Waals surface area contributed by atoms with Gasteiger partial charge in [-0.05, 0) is 44.9 Å². The molecule has 9 heteroatoms. The van der Waals surface area contributed by atoms with E-state index in [0.717, 1.165) is 6.07 Å². The summed E-state index contributed by atoms with van der Waals surface area (Å²) in [6.45, 7) is 12.3. The average molecular weight is 463 g/mol. The Morgan fingerprint density at radius 2 is 1.79 bits per heavy atom. The minimum atomic E-state index is -0.728. The lowest BCUT2D eigenvalue weighted by Gasteiger charge is -2.35. The number of hydrogen-bond acceptors (Lipinski definition) is 5. The highest BCUT2D eigenvalue weighted by Crippen LogP contribution is 2.22. The number of benzene rings is 1. The summed E-state index contributed by atoms with van der Waals surface area (Å²) >= 11 is 0. The summed E-state index contributed by atoms with van der Waals surface area (Å²) in [6, 6.07) is 4.90.